The molecule has 1 aromatic rings. The number of carbonyl (C=O) groups is 2. The van der Waals surface area contributed by atoms with E-state index in [1.807, 2.05) is 0 Å². The van der Waals surface area contributed by atoms with Crippen LogP contribution in [0.25, 0.3) is 0 Å². The second kappa shape index (κ2) is 5.29. The van der Waals surface area contributed by atoms with E-state index in [1.165, 1.54) is 24.3 Å². The molecular weight excluding hydrogens is 266 g/mol. The molecule has 0 fully saturated rings. The van der Waals surface area contributed by atoms with Crippen molar-refractivity contribution in [2.75, 3.05) is 11.6 Å². The summed E-state index contributed by atoms with van der Waals surface area (Å²) in [6.45, 7) is 0. The van der Waals surface area contributed by atoms with E-state index in [-0.39, 0.29) is 16.6 Å². The Morgan fingerprint density at radius 3 is 2.12 bits per heavy atom. The molecule has 0 heterocycles. The van der Waals surface area contributed by atoms with Crippen LogP contribution in [-0.2, 0) is 14.6 Å². The molecule has 1 aromatic carbocycles. The summed E-state index contributed by atoms with van der Waals surface area (Å²) in [6.07, 6.45) is 0. The van der Waals surface area contributed by atoms with E-state index in [1.54, 1.807) is 0 Å². The number of sulfone groups is 1. The quantitative estimate of drug-likeness (QED) is 0.620. The lowest BCUT2D eigenvalue weighted by Crippen LogP contribution is -2.23. The van der Waals surface area contributed by atoms with Crippen LogP contribution in [0.4, 0.5) is 0 Å². The molecular formula is C10H10ClNO4S. The summed E-state index contributed by atoms with van der Waals surface area (Å²) in [6, 6.07) is 5.19. The fourth-order valence-electron chi connectivity index (χ4n) is 1.20. The topological polar surface area (TPSA) is 94.3 Å². The molecule has 17 heavy (non-hydrogen) atoms. The second-order valence-corrected chi connectivity index (χ2v) is 5.56. The normalized spacial score (nSPS) is 11.1. The lowest BCUT2D eigenvalue weighted by atomic mass is 10.1. The third kappa shape index (κ3) is 3.54. The fourth-order valence-corrected chi connectivity index (χ4v) is 2.44. The molecule has 0 saturated heterocycles. The Hall–Kier alpha value is -1.40. The first kappa shape index (κ1) is 13.7. The number of halogens is 1. The maximum absolute atomic E-state index is 11.6. The summed E-state index contributed by atoms with van der Waals surface area (Å²) in [7, 11) is -3.73. The Morgan fingerprint density at radius 1 is 1.18 bits per heavy atom. The first-order valence-electron chi connectivity index (χ1n) is 4.57. The highest BCUT2D eigenvalue weighted by molar-refractivity contribution is 7.92. The predicted octanol–water partition coefficient (Wildman–Crippen LogP) is 0.367. The molecule has 0 spiro atoms. The molecule has 0 saturated carbocycles. The first-order valence-corrected chi connectivity index (χ1v) is 6.76. The molecule has 0 bridgehead atoms. The first-order chi connectivity index (χ1) is 7.86. The summed E-state index contributed by atoms with van der Waals surface area (Å²) < 4.78 is 23.2. The van der Waals surface area contributed by atoms with Gasteiger partial charge in [0.2, 0.25) is 5.91 Å². The van der Waals surface area contributed by atoms with Crippen LogP contribution in [0.1, 0.15) is 10.4 Å². The van der Waals surface area contributed by atoms with Gasteiger partial charge >= 0.3 is 0 Å². The minimum Gasteiger partial charge on any atom is -0.369 e. The van der Waals surface area contributed by atoms with Crippen molar-refractivity contribution in [2.45, 2.75) is 4.90 Å². The van der Waals surface area contributed by atoms with Gasteiger partial charge in [-0.1, -0.05) is 12.1 Å². The lowest BCUT2D eigenvalue weighted by Gasteiger charge is -2.03. The number of primary amides is 1. The van der Waals surface area contributed by atoms with Crippen molar-refractivity contribution in [2.24, 2.45) is 5.73 Å². The Kier molecular flexibility index (Phi) is 4.25. The van der Waals surface area contributed by atoms with Crippen molar-refractivity contribution in [1.82, 2.24) is 0 Å². The van der Waals surface area contributed by atoms with E-state index in [9.17, 15) is 18.0 Å². The van der Waals surface area contributed by atoms with Gasteiger partial charge < -0.3 is 5.73 Å². The predicted molar refractivity (Wildman–Crippen MR) is 62.7 cm³/mol. The van der Waals surface area contributed by atoms with Crippen LogP contribution in [0, 0.1) is 0 Å². The summed E-state index contributed by atoms with van der Waals surface area (Å²) >= 11 is 5.36. The van der Waals surface area contributed by atoms with Gasteiger partial charge in [0.1, 0.15) is 5.75 Å². The molecule has 0 aliphatic rings. The van der Waals surface area contributed by atoms with Crippen LogP contribution in [0.2, 0.25) is 0 Å². The number of hydrogen-bond donors (Lipinski definition) is 1. The van der Waals surface area contributed by atoms with E-state index in [2.05, 4.69) is 0 Å². The van der Waals surface area contributed by atoms with Gasteiger partial charge in [-0.25, -0.2) is 8.42 Å². The number of Topliss-reactive ketones (excluding diaryl/α,β-unsaturated/α-hetero) is 1. The molecule has 0 radical (unpaired) electrons. The third-order valence-corrected chi connectivity index (χ3v) is 3.89. The van der Waals surface area contributed by atoms with Gasteiger partial charge in [-0.2, -0.15) is 0 Å². The van der Waals surface area contributed by atoms with Crippen LogP contribution < -0.4 is 5.73 Å². The zero-order chi connectivity index (χ0) is 13.1. The number of rotatable bonds is 5. The lowest BCUT2D eigenvalue weighted by molar-refractivity contribution is -0.115. The minimum atomic E-state index is -3.73. The van der Waals surface area contributed by atoms with E-state index in [0.29, 0.717) is 5.56 Å². The van der Waals surface area contributed by atoms with E-state index in [0.717, 1.165) is 0 Å². The number of ketones is 1. The van der Waals surface area contributed by atoms with E-state index in [4.69, 9.17) is 17.3 Å². The molecule has 1 amide bonds. The molecule has 7 heteroatoms. The van der Waals surface area contributed by atoms with Crippen molar-refractivity contribution in [3.63, 3.8) is 0 Å². The number of hydrogen-bond acceptors (Lipinski definition) is 4. The maximum Gasteiger partial charge on any atom is 0.233 e. The van der Waals surface area contributed by atoms with Gasteiger partial charge in [0, 0.05) is 5.56 Å². The van der Waals surface area contributed by atoms with Crippen molar-refractivity contribution < 1.29 is 18.0 Å². The number of benzene rings is 1. The third-order valence-electron chi connectivity index (χ3n) is 1.99. The number of nitrogens with two attached hydrogens (primary N) is 1. The highest BCUT2D eigenvalue weighted by atomic mass is 35.5. The van der Waals surface area contributed by atoms with Crippen molar-refractivity contribution >= 4 is 33.1 Å². The fraction of sp³-hybridized carbons (Fsp3) is 0.200. The standard InChI is InChI=1S/C10H10ClNO4S/c11-5-9(13)7-1-3-8(4-2-7)17(15,16)6-10(12)14/h1-4H,5-6H2,(H2,12,14). The van der Waals surface area contributed by atoms with Crippen LogP contribution in [0.5, 0.6) is 0 Å². The molecule has 2 N–H and O–H groups in total. The summed E-state index contributed by atoms with van der Waals surface area (Å²) in [5.41, 5.74) is 5.14. The highest BCUT2D eigenvalue weighted by Gasteiger charge is 2.17. The minimum absolute atomic E-state index is 0.0533. The SMILES string of the molecule is NC(=O)CS(=O)(=O)c1ccc(C(=O)CCl)cc1. The number of carbonyl (C=O) groups excluding carboxylic acids is 2. The molecule has 1 rings (SSSR count). The van der Waals surface area contributed by atoms with Crippen LogP contribution >= 0.6 is 11.6 Å². The van der Waals surface area contributed by atoms with Gasteiger partial charge in [-0.3, -0.25) is 9.59 Å². The zero-order valence-electron chi connectivity index (χ0n) is 8.72. The molecule has 0 atom stereocenters. The molecule has 5 nitrogen and oxygen atoms in total. The smallest absolute Gasteiger partial charge is 0.233 e. The van der Waals surface area contributed by atoms with Crippen LogP contribution in [-0.4, -0.2) is 31.7 Å². The molecule has 0 aliphatic carbocycles. The average Bonchev–Trinajstić information content (AvgIpc) is 2.26. The van der Waals surface area contributed by atoms with Crippen LogP contribution in [0.3, 0.4) is 0 Å². The van der Waals surface area contributed by atoms with Crippen molar-refractivity contribution in [3.8, 4) is 0 Å². The van der Waals surface area contributed by atoms with Crippen LogP contribution in [0.15, 0.2) is 29.2 Å². The van der Waals surface area contributed by atoms with Gasteiger partial charge in [0.15, 0.2) is 15.6 Å². The average molecular weight is 276 g/mol. The highest BCUT2D eigenvalue weighted by Crippen LogP contribution is 2.13. The molecule has 0 unspecified atom stereocenters. The van der Waals surface area contributed by atoms with Crippen molar-refractivity contribution in [1.29, 1.82) is 0 Å². The van der Waals surface area contributed by atoms with Gasteiger partial charge in [0.25, 0.3) is 0 Å². The second-order valence-electron chi connectivity index (χ2n) is 3.31. The van der Waals surface area contributed by atoms with Gasteiger partial charge in [-0.15, -0.1) is 11.6 Å². The summed E-state index contributed by atoms with van der Waals surface area (Å²) in [4.78, 5) is 21.7. The molecule has 92 valence electrons. The monoisotopic (exact) mass is 275 g/mol. The summed E-state index contributed by atoms with van der Waals surface area (Å²) in [5.74, 6) is -2.15. The number of amides is 1. The Morgan fingerprint density at radius 2 is 1.71 bits per heavy atom. The Balaban J connectivity index is 3.03. The van der Waals surface area contributed by atoms with Gasteiger partial charge in [-0.05, 0) is 12.1 Å². The summed E-state index contributed by atoms with van der Waals surface area (Å²) in [5, 5.41) is 0. The van der Waals surface area contributed by atoms with E-state index >= 15 is 0 Å². The maximum atomic E-state index is 11.6. The Bertz CT molecular complexity index is 536. The largest absolute Gasteiger partial charge is 0.369 e. The Labute approximate surface area is 103 Å². The molecule has 0 aliphatic heterocycles. The molecule has 0 aromatic heterocycles. The van der Waals surface area contributed by atoms with E-state index < -0.39 is 21.5 Å². The van der Waals surface area contributed by atoms with Gasteiger partial charge in [0.05, 0.1) is 10.8 Å². The number of alkyl halides is 1. The van der Waals surface area contributed by atoms with Crippen molar-refractivity contribution in [3.05, 3.63) is 29.8 Å². The zero-order valence-corrected chi connectivity index (χ0v) is 10.3.